The molecule has 2 aromatic heterocycles. The van der Waals surface area contributed by atoms with Gasteiger partial charge in [0.25, 0.3) is 5.91 Å². The van der Waals surface area contributed by atoms with E-state index in [2.05, 4.69) is 27.7 Å². The molecule has 1 atom stereocenters. The number of hydrogen-bond acceptors (Lipinski definition) is 4. The quantitative estimate of drug-likeness (QED) is 0.922. The fourth-order valence-corrected chi connectivity index (χ4v) is 4.94. The van der Waals surface area contributed by atoms with Gasteiger partial charge in [0.1, 0.15) is 0 Å². The summed E-state index contributed by atoms with van der Waals surface area (Å²) in [6.07, 6.45) is 1.02. The second kappa shape index (κ2) is 6.23. The molecule has 3 heterocycles. The lowest BCUT2D eigenvalue weighted by atomic mass is 10.1. The van der Waals surface area contributed by atoms with Gasteiger partial charge in [-0.05, 0) is 31.7 Å². The average Bonchev–Trinajstić information content (AvgIpc) is 3.03. The molecule has 0 radical (unpaired) electrons. The van der Waals surface area contributed by atoms with Gasteiger partial charge in [0, 0.05) is 34.7 Å². The van der Waals surface area contributed by atoms with Crippen LogP contribution in [0.25, 0.3) is 0 Å². The number of carbonyl (C=O) groups is 1. The van der Waals surface area contributed by atoms with Crippen LogP contribution >= 0.6 is 23.1 Å². The smallest absolute Gasteiger partial charge is 0.257 e. The number of aryl methyl sites for hydroxylation is 2. The minimum atomic E-state index is 0.117. The number of aromatic nitrogens is 2. The number of rotatable bonds is 2. The monoisotopic (exact) mass is 321 g/mol. The highest BCUT2D eigenvalue weighted by atomic mass is 32.2. The first-order chi connectivity index (χ1) is 10.2. The fourth-order valence-electron chi connectivity index (χ4n) is 2.70. The molecule has 1 fully saturated rings. The van der Waals surface area contributed by atoms with Crippen LogP contribution in [0.1, 0.15) is 38.3 Å². The van der Waals surface area contributed by atoms with Crippen molar-refractivity contribution in [1.29, 1.82) is 0 Å². The van der Waals surface area contributed by atoms with Crippen molar-refractivity contribution in [3.8, 4) is 0 Å². The van der Waals surface area contributed by atoms with Crippen LogP contribution in [0.15, 0.2) is 17.5 Å². The maximum atomic E-state index is 12.7. The topological polar surface area (TPSA) is 49.0 Å². The highest BCUT2D eigenvalue weighted by Crippen LogP contribution is 2.37. The van der Waals surface area contributed by atoms with E-state index in [1.807, 2.05) is 41.8 Å². The van der Waals surface area contributed by atoms with Crippen LogP contribution in [0.5, 0.6) is 0 Å². The number of carbonyl (C=O) groups excluding carboxylic acids is 1. The first-order valence-electron chi connectivity index (χ1n) is 7.12. The number of thiophene rings is 1. The fraction of sp³-hybridized carbons (Fsp3) is 0.467. The molecule has 2 aromatic rings. The third-order valence-corrected chi connectivity index (χ3v) is 6.28. The van der Waals surface area contributed by atoms with Crippen LogP contribution < -0.4 is 0 Å². The molecule has 112 valence electrons. The second-order valence-corrected chi connectivity index (χ2v) is 7.55. The Morgan fingerprint density at radius 2 is 2.29 bits per heavy atom. The number of amides is 1. The van der Waals surface area contributed by atoms with E-state index in [4.69, 9.17) is 0 Å². The van der Waals surface area contributed by atoms with Gasteiger partial charge in [-0.2, -0.15) is 16.9 Å². The molecule has 1 N–H and O–H groups in total. The third-order valence-electron chi connectivity index (χ3n) is 3.83. The molecule has 1 saturated heterocycles. The van der Waals surface area contributed by atoms with Crippen LogP contribution in [0.2, 0.25) is 0 Å². The van der Waals surface area contributed by atoms with E-state index in [1.54, 1.807) is 0 Å². The van der Waals surface area contributed by atoms with Gasteiger partial charge in [0.15, 0.2) is 0 Å². The molecule has 1 amide bonds. The molecular weight excluding hydrogens is 302 g/mol. The van der Waals surface area contributed by atoms with Crippen molar-refractivity contribution in [3.05, 3.63) is 39.3 Å². The van der Waals surface area contributed by atoms with Crippen molar-refractivity contribution in [2.45, 2.75) is 25.5 Å². The van der Waals surface area contributed by atoms with Crippen molar-refractivity contribution in [3.63, 3.8) is 0 Å². The van der Waals surface area contributed by atoms with Gasteiger partial charge in [-0.1, -0.05) is 6.07 Å². The van der Waals surface area contributed by atoms with E-state index in [9.17, 15) is 4.79 Å². The molecule has 0 aromatic carbocycles. The van der Waals surface area contributed by atoms with Gasteiger partial charge in [-0.3, -0.25) is 9.89 Å². The molecular formula is C15H19N3OS2. The van der Waals surface area contributed by atoms with Crippen LogP contribution in [0.3, 0.4) is 0 Å². The van der Waals surface area contributed by atoms with Crippen LogP contribution in [-0.2, 0) is 0 Å². The maximum absolute atomic E-state index is 12.7. The number of H-pyrrole nitrogens is 1. The van der Waals surface area contributed by atoms with Gasteiger partial charge < -0.3 is 4.90 Å². The van der Waals surface area contributed by atoms with E-state index in [-0.39, 0.29) is 5.91 Å². The summed E-state index contributed by atoms with van der Waals surface area (Å²) in [5.41, 5.74) is 2.41. The Morgan fingerprint density at radius 3 is 2.95 bits per heavy atom. The van der Waals surface area contributed by atoms with E-state index in [0.717, 1.165) is 42.2 Å². The third kappa shape index (κ3) is 3.01. The molecule has 4 nitrogen and oxygen atoms in total. The minimum Gasteiger partial charge on any atom is -0.338 e. The Bertz CT molecular complexity index is 601. The van der Waals surface area contributed by atoms with Crippen molar-refractivity contribution in [2.24, 2.45) is 0 Å². The Kier molecular flexibility index (Phi) is 4.35. The molecule has 0 bridgehead atoms. The highest BCUT2D eigenvalue weighted by molar-refractivity contribution is 7.99. The van der Waals surface area contributed by atoms with Crippen LogP contribution in [0, 0.1) is 13.8 Å². The summed E-state index contributed by atoms with van der Waals surface area (Å²) in [6, 6.07) is 4.30. The van der Waals surface area contributed by atoms with Gasteiger partial charge in [0.05, 0.1) is 11.3 Å². The van der Waals surface area contributed by atoms with Gasteiger partial charge in [0.2, 0.25) is 0 Å². The number of nitrogens with one attached hydrogen (secondary N) is 1. The van der Waals surface area contributed by atoms with Crippen molar-refractivity contribution in [1.82, 2.24) is 15.1 Å². The summed E-state index contributed by atoms with van der Waals surface area (Å²) in [4.78, 5) is 16.1. The summed E-state index contributed by atoms with van der Waals surface area (Å²) in [5.74, 6) is 1.11. The van der Waals surface area contributed by atoms with Gasteiger partial charge in [-0.15, -0.1) is 11.3 Å². The molecule has 3 rings (SSSR count). The molecule has 1 aliphatic heterocycles. The number of hydrogen-bond donors (Lipinski definition) is 1. The van der Waals surface area contributed by atoms with Crippen LogP contribution in [0.4, 0.5) is 0 Å². The standard InChI is InChI=1S/C15H19N3OS2/c1-10-14(11(2)17-16-10)15(19)18-6-5-13(21-9-7-18)12-4-3-8-20-12/h3-4,8,13H,5-7,9H2,1-2H3,(H,16,17). The van der Waals surface area contributed by atoms with Gasteiger partial charge >= 0.3 is 0 Å². The zero-order valence-corrected chi connectivity index (χ0v) is 13.9. The molecule has 6 heteroatoms. The predicted molar refractivity (Wildman–Crippen MR) is 88.1 cm³/mol. The molecule has 1 unspecified atom stereocenters. The van der Waals surface area contributed by atoms with Crippen molar-refractivity contribution < 1.29 is 4.79 Å². The van der Waals surface area contributed by atoms with Crippen molar-refractivity contribution >= 4 is 29.0 Å². The zero-order chi connectivity index (χ0) is 14.8. The Labute approximate surface area is 132 Å². The first kappa shape index (κ1) is 14.7. The highest BCUT2D eigenvalue weighted by Gasteiger charge is 2.26. The average molecular weight is 321 g/mol. The first-order valence-corrected chi connectivity index (χ1v) is 9.05. The van der Waals surface area contributed by atoms with E-state index < -0.39 is 0 Å². The summed E-state index contributed by atoms with van der Waals surface area (Å²) in [5, 5.41) is 9.69. The van der Waals surface area contributed by atoms with Gasteiger partial charge in [-0.25, -0.2) is 0 Å². The Hall–Kier alpha value is -1.27. The largest absolute Gasteiger partial charge is 0.338 e. The molecule has 0 saturated carbocycles. The molecule has 0 aliphatic carbocycles. The second-order valence-electron chi connectivity index (χ2n) is 5.26. The number of thioether (sulfide) groups is 1. The lowest BCUT2D eigenvalue weighted by Gasteiger charge is -2.20. The predicted octanol–water partition coefficient (Wildman–Crippen LogP) is 3.41. The number of nitrogens with zero attached hydrogens (tertiary/aromatic N) is 2. The summed E-state index contributed by atoms with van der Waals surface area (Å²) in [7, 11) is 0. The summed E-state index contributed by atoms with van der Waals surface area (Å²) in [6.45, 7) is 5.43. The van der Waals surface area contributed by atoms with E-state index in [1.165, 1.54) is 4.88 Å². The summed E-state index contributed by atoms with van der Waals surface area (Å²) >= 11 is 3.77. The SMILES string of the molecule is Cc1n[nH]c(C)c1C(=O)N1CCSC(c2cccs2)CC1. The lowest BCUT2D eigenvalue weighted by molar-refractivity contribution is 0.0765. The normalized spacial score (nSPS) is 19.5. The van der Waals surface area contributed by atoms with E-state index in [0.29, 0.717) is 5.25 Å². The van der Waals surface area contributed by atoms with E-state index >= 15 is 0 Å². The maximum Gasteiger partial charge on any atom is 0.257 e. The lowest BCUT2D eigenvalue weighted by Crippen LogP contribution is -2.33. The Morgan fingerprint density at radius 1 is 1.43 bits per heavy atom. The minimum absolute atomic E-state index is 0.117. The molecule has 0 spiro atoms. The van der Waals surface area contributed by atoms with Crippen LogP contribution in [-0.4, -0.2) is 39.8 Å². The summed E-state index contributed by atoms with van der Waals surface area (Å²) < 4.78 is 0. The number of aromatic amines is 1. The zero-order valence-electron chi connectivity index (χ0n) is 12.3. The Balaban J connectivity index is 1.72. The van der Waals surface area contributed by atoms with Crippen molar-refractivity contribution in [2.75, 3.05) is 18.8 Å². The molecule has 1 aliphatic rings. The molecule has 21 heavy (non-hydrogen) atoms.